The van der Waals surface area contributed by atoms with Crippen molar-refractivity contribution in [1.29, 1.82) is 0 Å². The fraction of sp³-hybridized carbons (Fsp3) is 0.308. The normalized spacial score (nSPS) is 12.4. The SMILES string of the molecule is CNC(c1cncc(OC)c1)c1cscc1C. The van der Waals surface area contributed by atoms with Gasteiger partial charge < -0.3 is 10.1 Å². The van der Waals surface area contributed by atoms with Crippen LogP contribution in [0.1, 0.15) is 22.7 Å². The predicted molar refractivity (Wildman–Crippen MR) is 70.7 cm³/mol. The van der Waals surface area contributed by atoms with Crippen molar-refractivity contribution in [2.75, 3.05) is 14.2 Å². The highest BCUT2D eigenvalue weighted by atomic mass is 32.1. The van der Waals surface area contributed by atoms with E-state index in [1.54, 1.807) is 24.6 Å². The van der Waals surface area contributed by atoms with Crippen LogP contribution < -0.4 is 10.1 Å². The molecule has 1 atom stereocenters. The third-order valence-corrected chi connectivity index (χ3v) is 3.68. The summed E-state index contributed by atoms with van der Waals surface area (Å²) in [5.74, 6) is 0.788. The van der Waals surface area contributed by atoms with E-state index in [4.69, 9.17) is 4.74 Å². The fourth-order valence-electron chi connectivity index (χ4n) is 1.87. The second-order valence-electron chi connectivity index (χ2n) is 3.89. The van der Waals surface area contributed by atoms with Crippen LogP contribution in [0.15, 0.2) is 29.2 Å². The van der Waals surface area contributed by atoms with Gasteiger partial charge >= 0.3 is 0 Å². The molecule has 2 aromatic rings. The Morgan fingerprint density at radius 1 is 1.35 bits per heavy atom. The van der Waals surface area contributed by atoms with Crippen molar-refractivity contribution >= 4 is 11.3 Å². The molecule has 2 rings (SSSR count). The summed E-state index contributed by atoms with van der Waals surface area (Å²) in [4.78, 5) is 4.20. The Hall–Kier alpha value is -1.39. The molecule has 0 aromatic carbocycles. The number of aryl methyl sites for hydroxylation is 1. The first kappa shape index (κ1) is 12.1. The lowest BCUT2D eigenvalue weighted by Gasteiger charge is -2.17. The van der Waals surface area contributed by atoms with Gasteiger partial charge in [0.2, 0.25) is 0 Å². The molecular formula is C13H16N2OS. The second-order valence-corrected chi connectivity index (χ2v) is 4.63. The van der Waals surface area contributed by atoms with Gasteiger partial charge in [0.15, 0.2) is 0 Å². The zero-order valence-corrected chi connectivity index (χ0v) is 11.0. The van der Waals surface area contributed by atoms with E-state index in [-0.39, 0.29) is 6.04 Å². The number of thiophene rings is 1. The van der Waals surface area contributed by atoms with Gasteiger partial charge in [-0.3, -0.25) is 4.98 Å². The van der Waals surface area contributed by atoms with E-state index in [1.165, 1.54) is 11.1 Å². The average Bonchev–Trinajstić information content (AvgIpc) is 2.77. The number of aromatic nitrogens is 1. The summed E-state index contributed by atoms with van der Waals surface area (Å²) in [5, 5.41) is 7.66. The number of nitrogens with one attached hydrogen (secondary N) is 1. The molecule has 0 fully saturated rings. The Morgan fingerprint density at radius 2 is 2.18 bits per heavy atom. The van der Waals surface area contributed by atoms with Gasteiger partial charge in [0.1, 0.15) is 5.75 Å². The molecule has 2 aromatic heterocycles. The Balaban J connectivity index is 2.38. The Kier molecular flexibility index (Phi) is 3.76. The monoisotopic (exact) mass is 248 g/mol. The lowest BCUT2D eigenvalue weighted by molar-refractivity contribution is 0.411. The van der Waals surface area contributed by atoms with E-state index in [2.05, 4.69) is 28.0 Å². The van der Waals surface area contributed by atoms with Crippen molar-refractivity contribution in [2.24, 2.45) is 0 Å². The largest absolute Gasteiger partial charge is 0.495 e. The molecule has 0 saturated heterocycles. The summed E-state index contributed by atoms with van der Waals surface area (Å²) in [6, 6.07) is 2.19. The van der Waals surface area contributed by atoms with Gasteiger partial charge in [-0.1, -0.05) is 0 Å². The van der Waals surface area contributed by atoms with Crippen molar-refractivity contribution in [2.45, 2.75) is 13.0 Å². The fourth-order valence-corrected chi connectivity index (χ4v) is 2.75. The van der Waals surface area contributed by atoms with Crippen LogP contribution in [0.3, 0.4) is 0 Å². The number of ether oxygens (including phenoxy) is 1. The summed E-state index contributed by atoms with van der Waals surface area (Å²) >= 11 is 1.72. The predicted octanol–water partition coefficient (Wildman–Crippen LogP) is 2.77. The Bertz CT molecular complexity index is 496. The number of pyridine rings is 1. The first-order valence-electron chi connectivity index (χ1n) is 5.45. The topological polar surface area (TPSA) is 34.2 Å². The molecule has 0 amide bonds. The zero-order chi connectivity index (χ0) is 12.3. The van der Waals surface area contributed by atoms with Crippen molar-refractivity contribution in [3.05, 3.63) is 45.9 Å². The second kappa shape index (κ2) is 5.29. The van der Waals surface area contributed by atoms with Gasteiger partial charge in [0.25, 0.3) is 0 Å². The Labute approximate surface area is 105 Å². The third-order valence-electron chi connectivity index (χ3n) is 2.80. The van der Waals surface area contributed by atoms with Crippen LogP contribution in [0.2, 0.25) is 0 Å². The van der Waals surface area contributed by atoms with E-state index in [0.29, 0.717) is 0 Å². The molecule has 0 aliphatic carbocycles. The number of nitrogens with zero attached hydrogens (tertiary/aromatic N) is 1. The van der Waals surface area contributed by atoms with Gasteiger partial charge in [-0.15, -0.1) is 0 Å². The maximum atomic E-state index is 5.21. The maximum absolute atomic E-state index is 5.21. The number of hydrogen-bond acceptors (Lipinski definition) is 4. The molecule has 4 heteroatoms. The van der Waals surface area contributed by atoms with Crippen LogP contribution in [-0.4, -0.2) is 19.1 Å². The van der Waals surface area contributed by atoms with Gasteiger partial charge in [0.05, 0.1) is 19.3 Å². The molecule has 1 N–H and O–H groups in total. The van der Waals surface area contributed by atoms with E-state index in [0.717, 1.165) is 11.3 Å². The van der Waals surface area contributed by atoms with Crippen LogP contribution in [0.5, 0.6) is 5.75 Å². The molecule has 0 spiro atoms. The van der Waals surface area contributed by atoms with Crippen LogP contribution in [0, 0.1) is 6.92 Å². The third kappa shape index (κ3) is 2.48. The summed E-state index contributed by atoms with van der Waals surface area (Å²) in [6.07, 6.45) is 3.59. The molecule has 17 heavy (non-hydrogen) atoms. The van der Waals surface area contributed by atoms with Crippen LogP contribution in [0.25, 0.3) is 0 Å². The molecule has 0 aliphatic heterocycles. The van der Waals surface area contributed by atoms with Gasteiger partial charge in [-0.2, -0.15) is 11.3 Å². The van der Waals surface area contributed by atoms with E-state index < -0.39 is 0 Å². The quantitative estimate of drug-likeness (QED) is 0.903. The molecule has 90 valence electrons. The molecule has 0 bridgehead atoms. The van der Waals surface area contributed by atoms with E-state index >= 15 is 0 Å². The van der Waals surface area contributed by atoms with E-state index in [1.807, 2.05) is 19.3 Å². The number of rotatable bonds is 4. The van der Waals surface area contributed by atoms with Crippen molar-refractivity contribution in [1.82, 2.24) is 10.3 Å². The molecular weight excluding hydrogens is 232 g/mol. The summed E-state index contributed by atoms with van der Waals surface area (Å²) < 4.78 is 5.21. The number of methoxy groups -OCH3 is 1. The van der Waals surface area contributed by atoms with Gasteiger partial charge in [-0.05, 0) is 47.5 Å². The molecule has 1 unspecified atom stereocenters. The highest BCUT2D eigenvalue weighted by Gasteiger charge is 2.15. The first-order valence-corrected chi connectivity index (χ1v) is 6.39. The van der Waals surface area contributed by atoms with Crippen molar-refractivity contribution in [3.8, 4) is 5.75 Å². The standard InChI is InChI=1S/C13H16N2OS/c1-9-7-17-8-12(9)13(14-2)10-4-11(16-3)6-15-5-10/h4-8,13-14H,1-3H3. The maximum Gasteiger partial charge on any atom is 0.137 e. The zero-order valence-electron chi connectivity index (χ0n) is 10.2. The van der Waals surface area contributed by atoms with Crippen LogP contribution >= 0.6 is 11.3 Å². The highest BCUT2D eigenvalue weighted by Crippen LogP contribution is 2.28. The minimum absolute atomic E-state index is 0.170. The molecule has 2 heterocycles. The lowest BCUT2D eigenvalue weighted by atomic mass is 10.00. The first-order chi connectivity index (χ1) is 8.26. The van der Waals surface area contributed by atoms with Gasteiger partial charge in [-0.25, -0.2) is 0 Å². The molecule has 0 saturated carbocycles. The highest BCUT2D eigenvalue weighted by molar-refractivity contribution is 7.08. The minimum atomic E-state index is 0.170. The molecule has 3 nitrogen and oxygen atoms in total. The van der Waals surface area contributed by atoms with E-state index in [9.17, 15) is 0 Å². The lowest BCUT2D eigenvalue weighted by Crippen LogP contribution is -2.18. The molecule has 0 aliphatic rings. The van der Waals surface area contributed by atoms with Crippen LogP contribution in [0.4, 0.5) is 0 Å². The Morgan fingerprint density at radius 3 is 2.76 bits per heavy atom. The van der Waals surface area contributed by atoms with Crippen LogP contribution in [-0.2, 0) is 0 Å². The van der Waals surface area contributed by atoms with Crippen molar-refractivity contribution < 1.29 is 4.74 Å². The average molecular weight is 248 g/mol. The summed E-state index contributed by atoms with van der Waals surface area (Å²) in [5.41, 5.74) is 3.72. The van der Waals surface area contributed by atoms with Crippen molar-refractivity contribution in [3.63, 3.8) is 0 Å². The summed E-state index contributed by atoms with van der Waals surface area (Å²) in [6.45, 7) is 2.13. The summed E-state index contributed by atoms with van der Waals surface area (Å²) in [7, 11) is 3.62. The smallest absolute Gasteiger partial charge is 0.137 e. The minimum Gasteiger partial charge on any atom is -0.495 e. The number of hydrogen-bond donors (Lipinski definition) is 1. The van der Waals surface area contributed by atoms with Gasteiger partial charge in [0, 0.05) is 6.20 Å². The molecule has 0 radical (unpaired) electrons.